The highest BCUT2D eigenvalue weighted by Crippen LogP contribution is 2.24. The van der Waals surface area contributed by atoms with Crippen LogP contribution in [-0.4, -0.2) is 5.78 Å². The number of carbonyl (C=O) groups excluding carboxylic acids is 1. The first-order valence-electron chi connectivity index (χ1n) is 3.59. The molecule has 0 bridgehead atoms. The molecule has 0 amide bonds. The van der Waals surface area contributed by atoms with Gasteiger partial charge in [-0.05, 0) is 17.5 Å². The van der Waals surface area contributed by atoms with Gasteiger partial charge in [-0.25, -0.2) is 0 Å². The fourth-order valence-corrected chi connectivity index (χ4v) is 2.08. The summed E-state index contributed by atoms with van der Waals surface area (Å²) in [6.45, 7) is 0. The second-order valence-corrected chi connectivity index (χ2v) is 3.76. The third-order valence-electron chi connectivity index (χ3n) is 1.61. The molecule has 2 aromatic heterocycles. The lowest BCUT2D eigenvalue weighted by Gasteiger charge is -1.92. The van der Waals surface area contributed by atoms with Crippen molar-refractivity contribution in [1.82, 2.24) is 0 Å². The van der Waals surface area contributed by atoms with E-state index in [4.69, 9.17) is 16.0 Å². The van der Waals surface area contributed by atoms with Crippen molar-refractivity contribution in [3.63, 3.8) is 0 Å². The first kappa shape index (κ1) is 8.53. The van der Waals surface area contributed by atoms with Crippen LogP contribution in [0.5, 0.6) is 0 Å². The van der Waals surface area contributed by atoms with Gasteiger partial charge in [0.05, 0.1) is 21.7 Å². The molecule has 0 fully saturated rings. The van der Waals surface area contributed by atoms with Gasteiger partial charge >= 0.3 is 0 Å². The Hall–Kier alpha value is -1.06. The molecule has 0 atom stereocenters. The Morgan fingerprint density at radius 1 is 1.46 bits per heavy atom. The maximum Gasteiger partial charge on any atom is 0.207 e. The van der Waals surface area contributed by atoms with Crippen molar-refractivity contribution >= 4 is 28.7 Å². The first-order valence-corrected chi connectivity index (χ1v) is 4.84. The third kappa shape index (κ3) is 1.53. The highest BCUT2D eigenvalue weighted by molar-refractivity contribution is 7.13. The quantitative estimate of drug-likeness (QED) is 0.716. The topological polar surface area (TPSA) is 30.2 Å². The molecule has 0 aromatic carbocycles. The van der Waals surface area contributed by atoms with Crippen LogP contribution in [0.15, 0.2) is 34.5 Å². The molecule has 0 N–H and O–H groups in total. The summed E-state index contributed by atoms with van der Waals surface area (Å²) >= 11 is 7.14. The summed E-state index contributed by atoms with van der Waals surface area (Å²) in [5.41, 5.74) is 0.532. The van der Waals surface area contributed by atoms with Crippen LogP contribution < -0.4 is 0 Å². The molecule has 13 heavy (non-hydrogen) atoms. The lowest BCUT2D eigenvalue weighted by atomic mass is 10.2. The van der Waals surface area contributed by atoms with E-state index in [9.17, 15) is 4.79 Å². The van der Waals surface area contributed by atoms with Crippen LogP contribution >= 0.6 is 22.9 Å². The molecule has 2 rings (SSSR count). The summed E-state index contributed by atoms with van der Waals surface area (Å²) in [6, 6.07) is 3.33. The summed E-state index contributed by atoms with van der Waals surface area (Å²) in [4.78, 5) is 12.2. The highest BCUT2D eigenvalue weighted by atomic mass is 35.5. The number of halogens is 1. The number of rotatable bonds is 2. The molecule has 4 heteroatoms. The summed E-state index contributed by atoms with van der Waals surface area (Å²) in [6.07, 6.45) is 2.88. The van der Waals surface area contributed by atoms with Gasteiger partial charge in [-0.15, -0.1) is 11.3 Å². The third-order valence-corrected chi connectivity index (χ3v) is 2.95. The number of thiophene rings is 1. The number of furan rings is 1. The summed E-state index contributed by atoms with van der Waals surface area (Å²) in [7, 11) is 0. The van der Waals surface area contributed by atoms with E-state index < -0.39 is 0 Å². The van der Waals surface area contributed by atoms with Crippen LogP contribution in [0.4, 0.5) is 0 Å². The molecular weight excluding hydrogens is 208 g/mol. The van der Waals surface area contributed by atoms with Crippen molar-refractivity contribution < 1.29 is 9.21 Å². The summed E-state index contributed by atoms with van der Waals surface area (Å²) in [5.74, 6) is -0.0891. The fourth-order valence-electron chi connectivity index (χ4n) is 0.981. The molecule has 0 saturated carbocycles. The van der Waals surface area contributed by atoms with Gasteiger partial charge in [0.15, 0.2) is 0 Å². The SMILES string of the molecule is O=C(c1ccoc1)c1sccc1Cl. The van der Waals surface area contributed by atoms with Crippen LogP contribution in [0.25, 0.3) is 0 Å². The monoisotopic (exact) mass is 212 g/mol. The molecule has 2 aromatic rings. The predicted octanol–water partition coefficient (Wildman–Crippen LogP) is 3.23. The van der Waals surface area contributed by atoms with E-state index in [2.05, 4.69) is 0 Å². The van der Waals surface area contributed by atoms with E-state index in [1.54, 1.807) is 17.5 Å². The fraction of sp³-hybridized carbons (Fsp3) is 0. The van der Waals surface area contributed by atoms with Crippen molar-refractivity contribution in [2.75, 3.05) is 0 Å². The Bertz CT molecular complexity index is 417. The van der Waals surface area contributed by atoms with Crippen LogP contribution in [-0.2, 0) is 0 Å². The second kappa shape index (κ2) is 3.36. The molecule has 0 aliphatic carbocycles. The van der Waals surface area contributed by atoms with Crippen LogP contribution in [0.3, 0.4) is 0 Å². The van der Waals surface area contributed by atoms with Gasteiger partial charge in [-0.3, -0.25) is 4.79 Å². The predicted molar refractivity (Wildman–Crippen MR) is 51.5 cm³/mol. The number of hydrogen-bond donors (Lipinski definition) is 0. The van der Waals surface area contributed by atoms with E-state index in [0.717, 1.165) is 0 Å². The minimum absolute atomic E-state index is 0.0891. The van der Waals surface area contributed by atoms with Gasteiger partial charge in [-0.1, -0.05) is 11.6 Å². The molecule has 0 aliphatic rings. The summed E-state index contributed by atoms with van der Waals surface area (Å²) in [5, 5.41) is 2.28. The van der Waals surface area contributed by atoms with Gasteiger partial charge in [0, 0.05) is 0 Å². The Balaban J connectivity index is 2.39. The number of ketones is 1. The molecule has 0 radical (unpaired) electrons. The van der Waals surface area contributed by atoms with Crippen molar-refractivity contribution in [1.29, 1.82) is 0 Å². The minimum Gasteiger partial charge on any atom is -0.472 e. The smallest absolute Gasteiger partial charge is 0.207 e. The van der Waals surface area contributed by atoms with Gasteiger partial charge in [-0.2, -0.15) is 0 Å². The standard InChI is InChI=1S/C9H5ClO2S/c10-7-2-4-13-9(7)8(11)6-1-3-12-5-6/h1-5H. The minimum atomic E-state index is -0.0891. The zero-order chi connectivity index (χ0) is 9.26. The van der Waals surface area contributed by atoms with E-state index in [-0.39, 0.29) is 5.78 Å². The molecule has 0 unspecified atom stereocenters. The van der Waals surface area contributed by atoms with Gasteiger partial charge < -0.3 is 4.42 Å². The van der Waals surface area contributed by atoms with Crippen molar-refractivity contribution in [3.8, 4) is 0 Å². The van der Waals surface area contributed by atoms with Crippen LogP contribution in [0.1, 0.15) is 15.2 Å². The molecule has 66 valence electrons. The molecule has 0 spiro atoms. The largest absolute Gasteiger partial charge is 0.472 e. The van der Waals surface area contributed by atoms with E-state index >= 15 is 0 Å². The molecule has 2 nitrogen and oxygen atoms in total. The van der Waals surface area contributed by atoms with Crippen molar-refractivity contribution in [2.45, 2.75) is 0 Å². The second-order valence-electron chi connectivity index (χ2n) is 2.44. The number of hydrogen-bond acceptors (Lipinski definition) is 3. The molecule has 0 aliphatic heterocycles. The summed E-state index contributed by atoms with van der Waals surface area (Å²) < 4.78 is 4.81. The average Bonchev–Trinajstić information content (AvgIpc) is 2.72. The van der Waals surface area contributed by atoms with E-state index in [0.29, 0.717) is 15.5 Å². The molecule has 2 heterocycles. The Labute approximate surface area is 83.8 Å². The highest BCUT2D eigenvalue weighted by Gasteiger charge is 2.14. The Kier molecular flexibility index (Phi) is 2.20. The van der Waals surface area contributed by atoms with Crippen LogP contribution in [0, 0.1) is 0 Å². The Morgan fingerprint density at radius 3 is 2.85 bits per heavy atom. The zero-order valence-corrected chi connectivity index (χ0v) is 8.06. The van der Waals surface area contributed by atoms with Gasteiger partial charge in [0.2, 0.25) is 5.78 Å². The first-order chi connectivity index (χ1) is 6.29. The molecule has 0 saturated heterocycles. The van der Waals surface area contributed by atoms with E-state index in [1.165, 1.54) is 23.9 Å². The van der Waals surface area contributed by atoms with Crippen LogP contribution in [0.2, 0.25) is 5.02 Å². The molecular formula is C9H5ClO2S. The van der Waals surface area contributed by atoms with Gasteiger partial charge in [0.1, 0.15) is 6.26 Å². The van der Waals surface area contributed by atoms with E-state index in [1.807, 2.05) is 0 Å². The zero-order valence-electron chi connectivity index (χ0n) is 6.49. The average molecular weight is 213 g/mol. The van der Waals surface area contributed by atoms with Gasteiger partial charge in [0.25, 0.3) is 0 Å². The maximum absolute atomic E-state index is 11.7. The van der Waals surface area contributed by atoms with Crippen molar-refractivity contribution in [2.24, 2.45) is 0 Å². The number of carbonyl (C=O) groups is 1. The van der Waals surface area contributed by atoms with Crippen molar-refractivity contribution in [3.05, 3.63) is 45.5 Å². The lowest BCUT2D eigenvalue weighted by Crippen LogP contribution is -1.96. The normalized spacial score (nSPS) is 10.2. The lowest BCUT2D eigenvalue weighted by molar-refractivity contribution is 0.104. The maximum atomic E-state index is 11.7. The Morgan fingerprint density at radius 2 is 2.31 bits per heavy atom.